The molecule has 0 aliphatic rings. The maximum atomic E-state index is 4.56. The minimum atomic E-state index is 0.336. The van der Waals surface area contributed by atoms with Gasteiger partial charge in [-0.25, -0.2) is 4.98 Å². The van der Waals surface area contributed by atoms with Gasteiger partial charge in [0.05, 0.1) is 0 Å². The Bertz CT molecular complexity index is 357. The Morgan fingerprint density at radius 3 is 2.78 bits per heavy atom. The molecule has 0 fully saturated rings. The zero-order valence-electron chi connectivity index (χ0n) is 12.1. The quantitative estimate of drug-likeness (QED) is 0.822. The van der Waals surface area contributed by atoms with Gasteiger partial charge >= 0.3 is 0 Å². The van der Waals surface area contributed by atoms with E-state index in [1.807, 2.05) is 24.0 Å². The van der Waals surface area contributed by atoms with Crippen molar-refractivity contribution < 1.29 is 0 Å². The Labute approximate surface area is 115 Å². The fourth-order valence-electron chi connectivity index (χ4n) is 2.02. The largest absolute Gasteiger partial charge is 0.356 e. The van der Waals surface area contributed by atoms with Crippen molar-refractivity contribution >= 4 is 17.6 Å². The molecule has 0 bridgehead atoms. The third-order valence-corrected chi connectivity index (χ3v) is 4.01. The Balaban J connectivity index is 2.93. The second-order valence-corrected chi connectivity index (χ2v) is 5.52. The monoisotopic (exact) mass is 267 g/mol. The topological polar surface area (TPSA) is 28.2 Å². The summed E-state index contributed by atoms with van der Waals surface area (Å²) in [4.78, 5) is 6.84. The molecular formula is C14H25N3S. The van der Waals surface area contributed by atoms with Crippen molar-refractivity contribution in [3.63, 3.8) is 0 Å². The summed E-state index contributed by atoms with van der Waals surface area (Å²) in [7, 11) is 2.13. The first-order chi connectivity index (χ1) is 8.61. The van der Waals surface area contributed by atoms with E-state index in [-0.39, 0.29) is 0 Å². The maximum Gasteiger partial charge on any atom is 0.133 e. The molecule has 0 aliphatic carbocycles. The van der Waals surface area contributed by atoms with Crippen LogP contribution in [0.1, 0.15) is 32.4 Å². The summed E-state index contributed by atoms with van der Waals surface area (Å²) >= 11 is 1.87. The van der Waals surface area contributed by atoms with Crippen molar-refractivity contribution in [2.45, 2.75) is 32.9 Å². The molecule has 0 saturated heterocycles. The molecule has 1 aromatic heterocycles. The highest BCUT2D eigenvalue weighted by Crippen LogP contribution is 2.24. The van der Waals surface area contributed by atoms with E-state index in [0.717, 1.165) is 18.1 Å². The summed E-state index contributed by atoms with van der Waals surface area (Å²) < 4.78 is 0. The number of nitrogens with one attached hydrogen (secondary N) is 1. The predicted molar refractivity (Wildman–Crippen MR) is 82.6 cm³/mol. The molecule has 1 N–H and O–H groups in total. The number of nitrogens with zero attached hydrogens (tertiary/aromatic N) is 2. The highest BCUT2D eigenvalue weighted by molar-refractivity contribution is 7.98. The molecule has 4 heteroatoms. The van der Waals surface area contributed by atoms with Crippen LogP contribution in [-0.4, -0.2) is 36.6 Å². The van der Waals surface area contributed by atoms with Crippen LogP contribution in [0, 0.1) is 0 Å². The number of thioether (sulfide) groups is 1. The molecule has 0 saturated carbocycles. The van der Waals surface area contributed by atoms with Crippen molar-refractivity contribution in [2.75, 3.05) is 30.5 Å². The lowest BCUT2D eigenvalue weighted by molar-refractivity contribution is 0.592. The molecule has 0 radical (unpaired) electrons. The van der Waals surface area contributed by atoms with Crippen LogP contribution in [0.25, 0.3) is 0 Å². The van der Waals surface area contributed by atoms with E-state index in [9.17, 15) is 0 Å². The van der Waals surface area contributed by atoms with Gasteiger partial charge in [0.15, 0.2) is 0 Å². The van der Waals surface area contributed by atoms with Gasteiger partial charge in [-0.1, -0.05) is 13.0 Å². The van der Waals surface area contributed by atoms with Crippen LogP contribution in [0.15, 0.2) is 18.3 Å². The second-order valence-electron chi connectivity index (χ2n) is 4.61. The van der Waals surface area contributed by atoms with E-state index in [1.165, 1.54) is 5.56 Å². The van der Waals surface area contributed by atoms with Gasteiger partial charge < -0.3 is 10.2 Å². The van der Waals surface area contributed by atoms with Crippen molar-refractivity contribution in [3.05, 3.63) is 23.9 Å². The van der Waals surface area contributed by atoms with Crippen molar-refractivity contribution in [3.8, 4) is 0 Å². The third kappa shape index (κ3) is 3.89. The summed E-state index contributed by atoms with van der Waals surface area (Å²) in [5.41, 5.74) is 1.27. The van der Waals surface area contributed by atoms with E-state index >= 15 is 0 Å². The van der Waals surface area contributed by atoms with Gasteiger partial charge in [-0.15, -0.1) is 0 Å². The van der Waals surface area contributed by atoms with Crippen LogP contribution >= 0.6 is 11.8 Å². The first-order valence-corrected chi connectivity index (χ1v) is 7.91. The number of hydrogen-bond acceptors (Lipinski definition) is 4. The minimum Gasteiger partial charge on any atom is -0.356 e. The zero-order valence-corrected chi connectivity index (χ0v) is 12.9. The van der Waals surface area contributed by atoms with Crippen LogP contribution in [0.5, 0.6) is 0 Å². The molecule has 0 amide bonds. The average molecular weight is 267 g/mol. The van der Waals surface area contributed by atoms with Crippen LogP contribution in [0.4, 0.5) is 5.82 Å². The molecule has 1 heterocycles. The van der Waals surface area contributed by atoms with Crippen LogP contribution in [-0.2, 0) is 0 Å². The van der Waals surface area contributed by atoms with Gasteiger partial charge in [0.1, 0.15) is 5.82 Å². The summed E-state index contributed by atoms with van der Waals surface area (Å²) in [6.07, 6.45) is 4.02. The summed E-state index contributed by atoms with van der Waals surface area (Å²) in [5, 5.41) is 3.46. The van der Waals surface area contributed by atoms with Crippen molar-refractivity contribution in [1.29, 1.82) is 0 Å². The first kappa shape index (κ1) is 15.3. The van der Waals surface area contributed by atoms with Crippen LogP contribution < -0.4 is 10.2 Å². The highest BCUT2D eigenvalue weighted by Gasteiger charge is 2.17. The van der Waals surface area contributed by atoms with E-state index < -0.39 is 0 Å². The number of aromatic nitrogens is 1. The van der Waals surface area contributed by atoms with Crippen molar-refractivity contribution in [1.82, 2.24) is 10.3 Å². The average Bonchev–Trinajstić information content (AvgIpc) is 2.38. The smallest absolute Gasteiger partial charge is 0.133 e. The molecule has 0 aliphatic heterocycles. The highest BCUT2D eigenvalue weighted by atomic mass is 32.2. The molecule has 0 aromatic carbocycles. The third-order valence-electron chi connectivity index (χ3n) is 3.20. The van der Waals surface area contributed by atoms with E-state index in [1.54, 1.807) is 0 Å². The van der Waals surface area contributed by atoms with Gasteiger partial charge in [0.25, 0.3) is 0 Å². The van der Waals surface area contributed by atoms with Gasteiger partial charge in [0, 0.05) is 36.6 Å². The lowest BCUT2D eigenvalue weighted by atomic mass is 10.1. The molecule has 2 unspecified atom stereocenters. The molecule has 1 aromatic rings. The summed E-state index contributed by atoms with van der Waals surface area (Å²) in [6.45, 7) is 7.54. The fraction of sp³-hybridized carbons (Fsp3) is 0.643. The van der Waals surface area contributed by atoms with E-state index in [4.69, 9.17) is 0 Å². The Hall–Kier alpha value is -0.740. The lowest BCUT2D eigenvalue weighted by Gasteiger charge is -2.29. The Kier molecular flexibility index (Phi) is 6.50. The number of rotatable bonds is 7. The van der Waals surface area contributed by atoms with Gasteiger partial charge in [0.2, 0.25) is 0 Å². The SMILES string of the molecule is CCNC(C)c1cccnc1N(C)C(C)CSC. The number of anilines is 1. The fourth-order valence-corrected chi connectivity index (χ4v) is 2.73. The predicted octanol–water partition coefficient (Wildman–Crippen LogP) is 2.94. The van der Waals surface area contributed by atoms with E-state index in [0.29, 0.717) is 12.1 Å². The summed E-state index contributed by atoms with van der Waals surface area (Å²) in [6, 6.07) is 5.00. The standard InChI is InChI=1S/C14H25N3S/c1-6-15-12(3)13-8-7-9-16-14(13)17(4)11(2)10-18-5/h7-9,11-12,15H,6,10H2,1-5H3. The number of hydrogen-bond donors (Lipinski definition) is 1. The molecule has 102 valence electrons. The zero-order chi connectivity index (χ0) is 13.5. The second kappa shape index (κ2) is 7.64. The Morgan fingerprint density at radius 1 is 1.44 bits per heavy atom. The molecule has 0 spiro atoms. The minimum absolute atomic E-state index is 0.336. The van der Waals surface area contributed by atoms with E-state index in [2.05, 4.69) is 55.3 Å². The van der Waals surface area contributed by atoms with Crippen LogP contribution in [0.2, 0.25) is 0 Å². The van der Waals surface area contributed by atoms with Gasteiger partial charge in [-0.05, 0) is 32.7 Å². The molecule has 1 rings (SSSR count). The lowest BCUT2D eigenvalue weighted by Crippen LogP contribution is -2.33. The first-order valence-electron chi connectivity index (χ1n) is 6.51. The van der Waals surface area contributed by atoms with Gasteiger partial charge in [-0.2, -0.15) is 11.8 Å². The Morgan fingerprint density at radius 2 is 2.17 bits per heavy atom. The van der Waals surface area contributed by atoms with Gasteiger partial charge in [-0.3, -0.25) is 0 Å². The van der Waals surface area contributed by atoms with Crippen molar-refractivity contribution in [2.24, 2.45) is 0 Å². The number of pyridine rings is 1. The normalized spacial score (nSPS) is 14.3. The molecule has 2 atom stereocenters. The summed E-state index contributed by atoms with van der Waals surface area (Å²) in [5.74, 6) is 2.20. The maximum absolute atomic E-state index is 4.56. The molecule has 18 heavy (non-hydrogen) atoms. The van der Waals surface area contributed by atoms with Crippen LogP contribution in [0.3, 0.4) is 0 Å². The molecular weight excluding hydrogens is 242 g/mol. The molecule has 3 nitrogen and oxygen atoms in total.